The summed E-state index contributed by atoms with van der Waals surface area (Å²) >= 11 is 0. The van der Waals surface area contributed by atoms with Crippen molar-refractivity contribution in [3.8, 4) is 0 Å². The van der Waals surface area contributed by atoms with Crippen LogP contribution in [0.1, 0.15) is 33.6 Å². The molecule has 0 bridgehead atoms. The standard InChI is InChI=1S/C16H29N3O2/c1-16(2,3)14(20)13-5-7-18(8-6-13)15(21)19-11-9-17(4)10-12-19/h13H,5-12H2,1-4H3. The molecular weight excluding hydrogens is 266 g/mol. The summed E-state index contributed by atoms with van der Waals surface area (Å²) in [5, 5.41) is 0. The Bertz CT molecular complexity index is 387. The summed E-state index contributed by atoms with van der Waals surface area (Å²) in [7, 11) is 2.09. The molecule has 0 aliphatic carbocycles. The first-order valence-corrected chi connectivity index (χ1v) is 8.06. The number of hydrogen-bond acceptors (Lipinski definition) is 3. The molecule has 2 heterocycles. The van der Waals surface area contributed by atoms with E-state index >= 15 is 0 Å². The Morgan fingerprint density at radius 1 is 0.857 bits per heavy atom. The van der Waals surface area contributed by atoms with Crippen molar-refractivity contribution >= 4 is 11.8 Å². The van der Waals surface area contributed by atoms with E-state index in [4.69, 9.17) is 0 Å². The molecule has 0 radical (unpaired) electrons. The minimum Gasteiger partial charge on any atom is -0.325 e. The van der Waals surface area contributed by atoms with Crippen LogP contribution in [0.15, 0.2) is 0 Å². The minimum atomic E-state index is -0.270. The molecular formula is C16H29N3O2. The number of hydrogen-bond donors (Lipinski definition) is 0. The number of amides is 2. The number of ketones is 1. The first-order chi connectivity index (χ1) is 9.79. The second-order valence-electron chi connectivity index (χ2n) is 7.45. The highest BCUT2D eigenvalue weighted by Crippen LogP contribution is 2.27. The number of rotatable bonds is 1. The molecule has 0 spiro atoms. The van der Waals surface area contributed by atoms with Gasteiger partial charge in [-0.15, -0.1) is 0 Å². The molecule has 0 saturated carbocycles. The lowest BCUT2D eigenvalue weighted by Crippen LogP contribution is -2.53. The van der Waals surface area contributed by atoms with Crippen LogP contribution in [0.3, 0.4) is 0 Å². The number of piperidine rings is 1. The molecule has 0 atom stereocenters. The second kappa shape index (κ2) is 6.34. The number of carbonyl (C=O) groups excluding carboxylic acids is 2. The second-order valence-corrected chi connectivity index (χ2v) is 7.45. The van der Waals surface area contributed by atoms with Crippen LogP contribution in [0.4, 0.5) is 4.79 Å². The summed E-state index contributed by atoms with van der Waals surface area (Å²) in [6.07, 6.45) is 1.63. The lowest BCUT2D eigenvalue weighted by molar-refractivity contribution is -0.131. The van der Waals surface area contributed by atoms with Crippen LogP contribution in [-0.4, -0.2) is 72.8 Å². The summed E-state index contributed by atoms with van der Waals surface area (Å²) in [6, 6.07) is 0.157. The normalized spacial score (nSPS) is 22.5. The molecule has 0 aromatic rings. The third kappa shape index (κ3) is 3.96. The zero-order valence-corrected chi connectivity index (χ0v) is 13.9. The zero-order chi connectivity index (χ0) is 15.6. The molecule has 0 unspecified atom stereocenters. The number of likely N-dealkylation sites (N-methyl/N-ethyl adjacent to an activating group) is 1. The van der Waals surface area contributed by atoms with Crippen LogP contribution in [-0.2, 0) is 4.79 Å². The van der Waals surface area contributed by atoms with E-state index in [0.717, 1.165) is 52.1 Å². The fourth-order valence-corrected chi connectivity index (χ4v) is 3.14. The third-order valence-electron chi connectivity index (χ3n) is 4.65. The van der Waals surface area contributed by atoms with Gasteiger partial charge in [0.25, 0.3) is 0 Å². The van der Waals surface area contributed by atoms with Crippen molar-refractivity contribution in [1.29, 1.82) is 0 Å². The monoisotopic (exact) mass is 295 g/mol. The Balaban J connectivity index is 1.83. The number of carbonyl (C=O) groups is 2. The van der Waals surface area contributed by atoms with Crippen molar-refractivity contribution in [3.63, 3.8) is 0 Å². The maximum absolute atomic E-state index is 12.5. The van der Waals surface area contributed by atoms with Crippen molar-refractivity contribution in [1.82, 2.24) is 14.7 Å². The molecule has 2 rings (SSSR count). The first kappa shape index (κ1) is 16.3. The first-order valence-electron chi connectivity index (χ1n) is 8.06. The van der Waals surface area contributed by atoms with Gasteiger partial charge in [-0.2, -0.15) is 0 Å². The number of nitrogens with zero attached hydrogens (tertiary/aromatic N) is 3. The molecule has 21 heavy (non-hydrogen) atoms. The van der Waals surface area contributed by atoms with Gasteiger partial charge in [-0.05, 0) is 19.9 Å². The summed E-state index contributed by atoms with van der Waals surface area (Å²) < 4.78 is 0. The lowest BCUT2D eigenvalue weighted by atomic mass is 9.79. The highest BCUT2D eigenvalue weighted by atomic mass is 16.2. The summed E-state index contributed by atoms with van der Waals surface area (Å²) in [5.41, 5.74) is -0.270. The van der Waals surface area contributed by atoms with Gasteiger partial charge in [-0.1, -0.05) is 20.8 Å². The molecule has 120 valence electrons. The smallest absolute Gasteiger partial charge is 0.320 e. The van der Waals surface area contributed by atoms with Gasteiger partial charge < -0.3 is 14.7 Å². The zero-order valence-electron chi connectivity index (χ0n) is 13.9. The number of piperazine rings is 1. The SMILES string of the molecule is CN1CCN(C(=O)N2CCC(C(=O)C(C)(C)C)CC2)CC1. The predicted molar refractivity (Wildman–Crippen MR) is 83.2 cm³/mol. The van der Waals surface area contributed by atoms with E-state index in [0.29, 0.717) is 5.78 Å². The third-order valence-corrected chi connectivity index (χ3v) is 4.65. The van der Waals surface area contributed by atoms with E-state index < -0.39 is 0 Å². The number of likely N-dealkylation sites (tertiary alicyclic amines) is 1. The van der Waals surface area contributed by atoms with Crippen molar-refractivity contribution in [2.45, 2.75) is 33.6 Å². The molecule has 5 heteroatoms. The fraction of sp³-hybridized carbons (Fsp3) is 0.875. The highest BCUT2D eigenvalue weighted by Gasteiger charge is 2.34. The fourth-order valence-electron chi connectivity index (χ4n) is 3.14. The maximum Gasteiger partial charge on any atom is 0.320 e. The molecule has 0 aromatic carbocycles. The predicted octanol–water partition coefficient (Wildman–Crippen LogP) is 1.68. The topological polar surface area (TPSA) is 43.9 Å². The van der Waals surface area contributed by atoms with E-state index in [9.17, 15) is 9.59 Å². The van der Waals surface area contributed by atoms with Crippen molar-refractivity contribution < 1.29 is 9.59 Å². The molecule has 0 aromatic heterocycles. The molecule has 2 saturated heterocycles. The average molecular weight is 295 g/mol. The van der Waals surface area contributed by atoms with E-state index in [1.54, 1.807) is 0 Å². The van der Waals surface area contributed by atoms with Gasteiger partial charge in [-0.25, -0.2) is 4.79 Å². The van der Waals surface area contributed by atoms with E-state index in [2.05, 4.69) is 11.9 Å². The molecule has 5 nitrogen and oxygen atoms in total. The van der Waals surface area contributed by atoms with Gasteiger partial charge in [0.1, 0.15) is 5.78 Å². The maximum atomic E-state index is 12.5. The quantitative estimate of drug-likeness (QED) is 0.739. The molecule has 0 N–H and O–H groups in total. The van der Waals surface area contributed by atoms with Gasteiger partial charge >= 0.3 is 6.03 Å². The Morgan fingerprint density at radius 3 is 1.81 bits per heavy atom. The van der Waals surface area contributed by atoms with Gasteiger partial charge in [0.15, 0.2) is 0 Å². The molecule has 2 aliphatic heterocycles. The van der Waals surface area contributed by atoms with Gasteiger partial charge in [0.2, 0.25) is 0 Å². The molecule has 2 amide bonds. The van der Waals surface area contributed by atoms with E-state index in [1.165, 1.54) is 0 Å². The summed E-state index contributed by atoms with van der Waals surface area (Å²) in [4.78, 5) is 30.9. The van der Waals surface area contributed by atoms with E-state index in [1.807, 2.05) is 30.6 Å². The average Bonchev–Trinajstić information content (AvgIpc) is 2.46. The number of Topliss-reactive ketones (excluding diaryl/α,β-unsaturated/α-hetero) is 1. The Labute approximate surface area is 128 Å². The van der Waals surface area contributed by atoms with Crippen LogP contribution in [0.2, 0.25) is 0 Å². The van der Waals surface area contributed by atoms with Crippen LogP contribution in [0.25, 0.3) is 0 Å². The van der Waals surface area contributed by atoms with Crippen LogP contribution in [0, 0.1) is 11.3 Å². The Hall–Kier alpha value is -1.10. The van der Waals surface area contributed by atoms with Gasteiger partial charge in [-0.3, -0.25) is 4.79 Å². The van der Waals surface area contributed by atoms with Gasteiger partial charge in [0.05, 0.1) is 0 Å². The lowest BCUT2D eigenvalue weighted by Gasteiger charge is -2.39. The van der Waals surface area contributed by atoms with Gasteiger partial charge in [0, 0.05) is 50.6 Å². The number of urea groups is 1. The highest BCUT2D eigenvalue weighted by molar-refractivity contribution is 5.86. The Morgan fingerprint density at radius 2 is 1.33 bits per heavy atom. The molecule has 2 aliphatic rings. The summed E-state index contributed by atoms with van der Waals surface area (Å²) in [6.45, 7) is 10.9. The van der Waals surface area contributed by atoms with Crippen molar-refractivity contribution in [2.75, 3.05) is 46.3 Å². The van der Waals surface area contributed by atoms with Crippen LogP contribution in [0.5, 0.6) is 0 Å². The van der Waals surface area contributed by atoms with Crippen molar-refractivity contribution in [3.05, 3.63) is 0 Å². The molecule has 2 fully saturated rings. The van der Waals surface area contributed by atoms with Crippen LogP contribution >= 0.6 is 0 Å². The summed E-state index contributed by atoms with van der Waals surface area (Å²) in [5.74, 6) is 0.468. The van der Waals surface area contributed by atoms with E-state index in [-0.39, 0.29) is 17.4 Å². The Kier molecular flexibility index (Phi) is 4.91. The largest absolute Gasteiger partial charge is 0.325 e. The van der Waals surface area contributed by atoms with Crippen LogP contribution < -0.4 is 0 Å². The van der Waals surface area contributed by atoms with Crippen molar-refractivity contribution in [2.24, 2.45) is 11.3 Å². The minimum absolute atomic E-state index is 0.126.